The van der Waals surface area contributed by atoms with E-state index in [2.05, 4.69) is 44.8 Å². The van der Waals surface area contributed by atoms with Crippen molar-refractivity contribution in [2.75, 3.05) is 6.54 Å². The van der Waals surface area contributed by atoms with Crippen LogP contribution in [0.3, 0.4) is 0 Å². The van der Waals surface area contributed by atoms with Gasteiger partial charge in [-0.25, -0.2) is 0 Å². The fraction of sp³-hybridized carbons (Fsp3) is 0.333. The van der Waals surface area contributed by atoms with E-state index in [0.717, 1.165) is 13.1 Å². The highest BCUT2D eigenvalue weighted by Gasteiger charge is 2.24. The maximum atomic E-state index is 5.78. The SMILES string of the molecule is NCC1CCn2c1cc1cccc(Br)c12. The molecule has 1 unspecified atom stereocenters. The molecule has 1 aromatic heterocycles. The van der Waals surface area contributed by atoms with Crippen LogP contribution in [0.15, 0.2) is 28.7 Å². The summed E-state index contributed by atoms with van der Waals surface area (Å²) in [7, 11) is 0. The van der Waals surface area contributed by atoms with Crippen LogP contribution in [0, 0.1) is 0 Å². The Morgan fingerprint density at radius 2 is 2.33 bits per heavy atom. The van der Waals surface area contributed by atoms with Crippen molar-refractivity contribution in [3.8, 4) is 0 Å². The van der Waals surface area contributed by atoms with Gasteiger partial charge in [-0.2, -0.15) is 0 Å². The molecule has 0 fully saturated rings. The monoisotopic (exact) mass is 264 g/mol. The quantitative estimate of drug-likeness (QED) is 0.844. The molecule has 78 valence electrons. The van der Waals surface area contributed by atoms with Crippen LogP contribution in [0.1, 0.15) is 18.0 Å². The fourth-order valence-corrected chi connectivity index (χ4v) is 3.15. The van der Waals surface area contributed by atoms with E-state index in [1.807, 2.05) is 0 Å². The molecule has 1 atom stereocenters. The van der Waals surface area contributed by atoms with Gasteiger partial charge in [0, 0.05) is 34.6 Å². The number of aryl methyl sites for hydroxylation is 1. The molecule has 0 amide bonds. The standard InChI is InChI=1S/C12H13BrN2/c13-10-3-1-2-8-6-11-9(7-14)4-5-15(11)12(8)10/h1-3,6,9H,4-5,7,14H2. The number of nitrogens with two attached hydrogens (primary N) is 1. The van der Waals surface area contributed by atoms with Gasteiger partial charge in [-0.3, -0.25) is 0 Å². The number of hydrogen-bond donors (Lipinski definition) is 1. The van der Waals surface area contributed by atoms with Gasteiger partial charge in [0.2, 0.25) is 0 Å². The van der Waals surface area contributed by atoms with E-state index >= 15 is 0 Å². The van der Waals surface area contributed by atoms with E-state index in [0.29, 0.717) is 5.92 Å². The highest BCUT2D eigenvalue weighted by atomic mass is 79.9. The normalized spacial score (nSPS) is 19.7. The summed E-state index contributed by atoms with van der Waals surface area (Å²) in [4.78, 5) is 0. The molecule has 1 aromatic carbocycles. The fourth-order valence-electron chi connectivity index (χ4n) is 2.55. The van der Waals surface area contributed by atoms with Crippen molar-refractivity contribution in [3.63, 3.8) is 0 Å². The van der Waals surface area contributed by atoms with E-state index in [1.54, 1.807) is 0 Å². The third kappa shape index (κ3) is 1.26. The number of fused-ring (bicyclic) bond motifs is 3. The van der Waals surface area contributed by atoms with E-state index in [4.69, 9.17) is 5.73 Å². The largest absolute Gasteiger partial charge is 0.343 e. The Hall–Kier alpha value is -0.800. The molecule has 0 saturated heterocycles. The third-order valence-corrected chi connectivity index (χ3v) is 3.95. The van der Waals surface area contributed by atoms with Gasteiger partial charge in [0.05, 0.1) is 5.52 Å². The molecule has 0 saturated carbocycles. The molecule has 2 nitrogen and oxygen atoms in total. The summed E-state index contributed by atoms with van der Waals surface area (Å²) in [5, 5.41) is 1.32. The summed E-state index contributed by atoms with van der Waals surface area (Å²) in [5.74, 6) is 0.546. The average Bonchev–Trinajstić information content (AvgIpc) is 2.75. The number of benzene rings is 1. The molecule has 1 aliphatic heterocycles. The van der Waals surface area contributed by atoms with E-state index < -0.39 is 0 Å². The zero-order chi connectivity index (χ0) is 10.4. The van der Waals surface area contributed by atoms with Gasteiger partial charge in [0.1, 0.15) is 0 Å². The molecule has 0 aliphatic carbocycles. The molecular weight excluding hydrogens is 252 g/mol. The molecule has 15 heavy (non-hydrogen) atoms. The summed E-state index contributed by atoms with van der Waals surface area (Å²) in [6.45, 7) is 1.86. The van der Waals surface area contributed by atoms with Crippen molar-refractivity contribution < 1.29 is 0 Å². The van der Waals surface area contributed by atoms with Crippen LogP contribution in [0.2, 0.25) is 0 Å². The predicted molar refractivity (Wildman–Crippen MR) is 66.1 cm³/mol. The highest BCUT2D eigenvalue weighted by Crippen LogP contribution is 2.36. The Kier molecular flexibility index (Phi) is 2.11. The van der Waals surface area contributed by atoms with E-state index in [1.165, 1.54) is 27.5 Å². The van der Waals surface area contributed by atoms with Crippen LogP contribution in [0.5, 0.6) is 0 Å². The van der Waals surface area contributed by atoms with E-state index in [-0.39, 0.29) is 0 Å². The van der Waals surface area contributed by atoms with E-state index in [9.17, 15) is 0 Å². The smallest absolute Gasteiger partial charge is 0.0626 e. The maximum absolute atomic E-state index is 5.78. The number of hydrogen-bond acceptors (Lipinski definition) is 1. The molecule has 0 bridgehead atoms. The maximum Gasteiger partial charge on any atom is 0.0626 e. The van der Waals surface area contributed by atoms with Crippen LogP contribution in [0.25, 0.3) is 10.9 Å². The van der Waals surface area contributed by atoms with Gasteiger partial charge in [-0.05, 0) is 34.5 Å². The number of nitrogens with zero attached hydrogens (tertiary/aromatic N) is 1. The lowest BCUT2D eigenvalue weighted by atomic mass is 10.1. The molecule has 0 spiro atoms. The second-order valence-corrected chi connectivity index (χ2v) is 4.97. The molecule has 3 rings (SSSR count). The average molecular weight is 265 g/mol. The van der Waals surface area contributed by atoms with Crippen molar-refractivity contribution in [3.05, 3.63) is 34.4 Å². The van der Waals surface area contributed by atoms with Gasteiger partial charge in [0.25, 0.3) is 0 Å². The molecule has 0 radical (unpaired) electrons. The Morgan fingerprint density at radius 3 is 3.13 bits per heavy atom. The Bertz CT molecular complexity index is 516. The minimum Gasteiger partial charge on any atom is -0.343 e. The van der Waals surface area contributed by atoms with Gasteiger partial charge in [-0.15, -0.1) is 0 Å². The Labute approximate surface area is 97.2 Å². The van der Waals surface area contributed by atoms with Crippen LogP contribution in [-0.4, -0.2) is 11.1 Å². The zero-order valence-corrected chi connectivity index (χ0v) is 10.00. The summed E-state index contributed by atoms with van der Waals surface area (Å²) >= 11 is 3.62. The lowest BCUT2D eigenvalue weighted by Gasteiger charge is -2.03. The van der Waals surface area contributed by atoms with Gasteiger partial charge < -0.3 is 10.3 Å². The second-order valence-electron chi connectivity index (χ2n) is 4.12. The number of rotatable bonds is 1. The molecule has 2 N–H and O–H groups in total. The van der Waals surface area contributed by atoms with Crippen molar-refractivity contribution in [1.29, 1.82) is 0 Å². The Morgan fingerprint density at radius 1 is 1.47 bits per heavy atom. The zero-order valence-electron chi connectivity index (χ0n) is 8.41. The van der Waals surface area contributed by atoms with Crippen molar-refractivity contribution in [2.45, 2.75) is 18.9 Å². The van der Waals surface area contributed by atoms with Gasteiger partial charge in [-0.1, -0.05) is 12.1 Å². The summed E-state index contributed by atoms with van der Waals surface area (Å²) < 4.78 is 3.58. The predicted octanol–water partition coefficient (Wildman–Crippen LogP) is 2.85. The molecule has 2 heterocycles. The first-order valence-electron chi connectivity index (χ1n) is 5.29. The van der Waals surface area contributed by atoms with Gasteiger partial charge >= 0.3 is 0 Å². The molecule has 2 aromatic rings. The number of halogens is 1. The van der Waals surface area contributed by atoms with Crippen LogP contribution < -0.4 is 5.73 Å². The molecule has 3 heteroatoms. The minimum absolute atomic E-state index is 0.546. The number of aromatic nitrogens is 1. The van der Waals surface area contributed by atoms with Crippen molar-refractivity contribution in [2.24, 2.45) is 5.73 Å². The van der Waals surface area contributed by atoms with Crippen LogP contribution in [-0.2, 0) is 6.54 Å². The first kappa shape index (κ1) is 9.43. The van der Waals surface area contributed by atoms with Crippen LogP contribution >= 0.6 is 15.9 Å². The number of para-hydroxylation sites is 1. The lowest BCUT2D eigenvalue weighted by molar-refractivity contribution is 0.673. The Balaban J connectivity index is 2.31. The minimum atomic E-state index is 0.546. The van der Waals surface area contributed by atoms with Crippen molar-refractivity contribution in [1.82, 2.24) is 4.57 Å². The molecule has 1 aliphatic rings. The summed E-state index contributed by atoms with van der Waals surface area (Å²) in [6.07, 6.45) is 1.18. The molecular formula is C12H13BrN2. The van der Waals surface area contributed by atoms with Crippen molar-refractivity contribution >= 4 is 26.8 Å². The lowest BCUT2D eigenvalue weighted by Crippen LogP contribution is -2.08. The first-order chi connectivity index (χ1) is 7.31. The topological polar surface area (TPSA) is 30.9 Å². The summed E-state index contributed by atoms with van der Waals surface area (Å²) in [6, 6.07) is 8.63. The third-order valence-electron chi connectivity index (χ3n) is 3.31. The van der Waals surface area contributed by atoms with Gasteiger partial charge in [0.15, 0.2) is 0 Å². The summed E-state index contributed by atoms with van der Waals surface area (Å²) in [5.41, 5.74) is 8.51. The highest BCUT2D eigenvalue weighted by molar-refractivity contribution is 9.10. The second kappa shape index (κ2) is 3.35. The first-order valence-corrected chi connectivity index (χ1v) is 6.08. The van der Waals surface area contributed by atoms with Crippen LogP contribution in [0.4, 0.5) is 0 Å².